The van der Waals surface area contributed by atoms with Crippen LogP contribution in [0.1, 0.15) is 10.4 Å². The second kappa shape index (κ2) is 6.19. The molecule has 0 fully saturated rings. The molecule has 90 valence electrons. The van der Waals surface area contributed by atoms with Crippen LogP contribution in [0.3, 0.4) is 0 Å². The van der Waals surface area contributed by atoms with Gasteiger partial charge in [-0.1, -0.05) is 18.2 Å². The molecular formula is C13H14BrNOS. The zero-order valence-corrected chi connectivity index (χ0v) is 11.8. The van der Waals surface area contributed by atoms with Crippen LogP contribution in [-0.2, 0) is 13.0 Å². The first-order chi connectivity index (χ1) is 8.29. The first-order valence-corrected chi connectivity index (χ1v) is 7.10. The van der Waals surface area contributed by atoms with Crippen LogP contribution in [0.25, 0.3) is 0 Å². The fourth-order valence-corrected chi connectivity index (χ4v) is 2.95. The first-order valence-electron chi connectivity index (χ1n) is 5.43. The molecule has 2 N–H and O–H groups in total. The van der Waals surface area contributed by atoms with Crippen molar-refractivity contribution in [2.75, 3.05) is 6.54 Å². The van der Waals surface area contributed by atoms with Crippen LogP contribution in [0, 0.1) is 0 Å². The van der Waals surface area contributed by atoms with E-state index in [1.54, 1.807) is 11.3 Å². The molecule has 0 saturated carbocycles. The maximum Gasteiger partial charge on any atom is 0.123 e. The summed E-state index contributed by atoms with van der Waals surface area (Å²) in [6.07, 6.45) is 0.851. The van der Waals surface area contributed by atoms with Gasteiger partial charge in [-0.3, -0.25) is 0 Å². The predicted octanol–water partition coefficient (Wildman–Crippen LogP) is 3.59. The van der Waals surface area contributed by atoms with E-state index >= 15 is 0 Å². The molecule has 2 nitrogen and oxygen atoms in total. The SMILES string of the molecule is NCCc1ccccc1OCc1cc(Br)cs1. The average molecular weight is 312 g/mol. The van der Waals surface area contributed by atoms with Crippen molar-refractivity contribution in [3.63, 3.8) is 0 Å². The van der Waals surface area contributed by atoms with Gasteiger partial charge in [0.15, 0.2) is 0 Å². The molecule has 2 aromatic rings. The van der Waals surface area contributed by atoms with Gasteiger partial charge in [-0.25, -0.2) is 0 Å². The highest BCUT2D eigenvalue weighted by molar-refractivity contribution is 9.10. The summed E-state index contributed by atoms with van der Waals surface area (Å²) < 4.78 is 6.93. The van der Waals surface area contributed by atoms with Crippen LogP contribution in [0.2, 0.25) is 0 Å². The van der Waals surface area contributed by atoms with Gasteiger partial charge in [0.2, 0.25) is 0 Å². The topological polar surface area (TPSA) is 35.2 Å². The monoisotopic (exact) mass is 311 g/mol. The van der Waals surface area contributed by atoms with E-state index in [0.29, 0.717) is 13.2 Å². The Balaban J connectivity index is 2.03. The van der Waals surface area contributed by atoms with Crippen LogP contribution < -0.4 is 10.5 Å². The lowest BCUT2D eigenvalue weighted by Gasteiger charge is -2.09. The van der Waals surface area contributed by atoms with E-state index in [2.05, 4.69) is 33.4 Å². The Morgan fingerprint density at radius 1 is 1.29 bits per heavy atom. The second-order valence-electron chi connectivity index (χ2n) is 3.67. The van der Waals surface area contributed by atoms with E-state index in [0.717, 1.165) is 16.6 Å². The lowest BCUT2D eigenvalue weighted by atomic mass is 10.1. The molecule has 1 heterocycles. The second-order valence-corrected chi connectivity index (χ2v) is 5.58. The fraction of sp³-hybridized carbons (Fsp3) is 0.231. The van der Waals surface area contributed by atoms with Gasteiger partial charge in [-0.05, 0) is 46.6 Å². The van der Waals surface area contributed by atoms with Crippen LogP contribution in [0.4, 0.5) is 0 Å². The quantitative estimate of drug-likeness (QED) is 0.916. The molecule has 0 aliphatic heterocycles. The van der Waals surface area contributed by atoms with E-state index in [-0.39, 0.29) is 0 Å². The number of hydrogen-bond acceptors (Lipinski definition) is 3. The summed E-state index contributed by atoms with van der Waals surface area (Å²) in [5, 5.41) is 2.06. The fourth-order valence-electron chi connectivity index (χ4n) is 1.59. The maximum atomic E-state index is 5.82. The molecule has 0 bridgehead atoms. The highest BCUT2D eigenvalue weighted by Crippen LogP contribution is 2.23. The summed E-state index contributed by atoms with van der Waals surface area (Å²) in [6.45, 7) is 1.25. The zero-order valence-electron chi connectivity index (χ0n) is 9.36. The van der Waals surface area contributed by atoms with Crippen molar-refractivity contribution in [3.05, 3.63) is 50.6 Å². The summed E-state index contributed by atoms with van der Waals surface area (Å²) in [5.74, 6) is 0.933. The summed E-state index contributed by atoms with van der Waals surface area (Å²) in [6, 6.07) is 10.1. The zero-order chi connectivity index (χ0) is 12.1. The summed E-state index contributed by atoms with van der Waals surface area (Å²) in [4.78, 5) is 1.21. The molecule has 0 saturated heterocycles. The van der Waals surface area contributed by atoms with E-state index in [4.69, 9.17) is 10.5 Å². The van der Waals surface area contributed by atoms with Crippen molar-refractivity contribution in [1.29, 1.82) is 0 Å². The number of rotatable bonds is 5. The smallest absolute Gasteiger partial charge is 0.123 e. The highest BCUT2D eigenvalue weighted by atomic mass is 79.9. The van der Waals surface area contributed by atoms with Crippen LogP contribution in [-0.4, -0.2) is 6.54 Å². The molecule has 0 aliphatic carbocycles. The Morgan fingerprint density at radius 3 is 2.82 bits per heavy atom. The summed E-state index contributed by atoms with van der Waals surface area (Å²) in [7, 11) is 0. The number of benzene rings is 1. The van der Waals surface area contributed by atoms with Crippen molar-refractivity contribution >= 4 is 27.3 Å². The minimum absolute atomic E-state index is 0.609. The molecule has 0 amide bonds. The molecule has 0 spiro atoms. The van der Waals surface area contributed by atoms with E-state index in [9.17, 15) is 0 Å². The van der Waals surface area contributed by atoms with Gasteiger partial charge < -0.3 is 10.5 Å². The highest BCUT2D eigenvalue weighted by Gasteiger charge is 2.03. The molecule has 0 aliphatic rings. The predicted molar refractivity (Wildman–Crippen MR) is 75.6 cm³/mol. The van der Waals surface area contributed by atoms with Crippen LogP contribution in [0.15, 0.2) is 40.2 Å². The molecule has 17 heavy (non-hydrogen) atoms. The Labute approximate surface area is 114 Å². The number of hydrogen-bond donors (Lipinski definition) is 1. The summed E-state index contributed by atoms with van der Waals surface area (Å²) in [5.41, 5.74) is 6.75. The minimum Gasteiger partial charge on any atom is -0.488 e. The third-order valence-electron chi connectivity index (χ3n) is 2.38. The number of para-hydroxylation sites is 1. The van der Waals surface area contributed by atoms with Crippen molar-refractivity contribution in [2.24, 2.45) is 5.73 Å². The molecule has 0 atom stereocenters. The van der Waals surface area contributed by atoms with Gasteiger partial charge in [-0.15, -0.1) is 11.3 Å². The van der Waals surface area contributed by atoms with Crippen LogP contribution >= 0.6 is 27.3 Å². The normalized spacial score (nSPS) is 10.5. The van der Waals surface area contributed by atoms with Gasteiger partial charge >= 0.3 is 0 Å². The standard InChI is InChI=1S/C13H14BrNOS/c14-11-7-12(17-9-11)8-16-13-4-2-1-3-10(13)5-6-15/h1-4,7,9H,5-6,8,15H2. The van der Waals surface area contributed by atoms with Gasteiger partial charge in [0.05, 0.1) is 0 Å². The van der Waals surface area contributed by atoms with Crippen molar-refractivity contribution in [1.82, 2.24) is 0 Å². The lowest BCUT2D eigenvalue weighted by Crippen LogP contribution is -2.05. The third-order valence-corrected chi connectivity index (χ3v) is 4.05. The van der Waals surface area contributed by atoms with Crippen molar-refractivity contribution < 1.29 is 4.74 Å². The Hall–Kier alpha value is -0.840. The third kappa shape index (κ3) is 3.56. The molecule has 0 unspecified atom stereocenters. The molecule has 0 radical (unpaired) electrons. The largest absolute Gasteiger partial charge is 0.488 e. The molecule has 1 aromatic carbocycles. The lowest BCUT2D eigenvalue weighted by molar-refractivity contribution is 0.306. The van der Waals surface area contributed by atoms with E-state index in [1.807, 2.05) is 18.2 Å². The number of thiophene rings is 1. The van der Waals surface area contributed by atoms with E-state index < -0.39 is 0 Å². The minimum atomic E-state index is 0.609. The van der Waals surface area contributed by atoms with Crippen LogP contribution in [0.5, 0.6) is 5.75 Å². The molecule has 2 rings (SSSR count). The Morgan fingerprint density at radius 2 is 2.12 bits per heavy atom. The molecular weight excluding hydrogens is 298 g/mol. The number of ether oxygens (including phenoxy) is 1. The average Bonchev–Trinajstić information content (AvgIpc) is 2.74. The summed E-state index contributed by atoms with van der Waals surface area (Å²) >= 11 is 5.13. The number of halogens is 1. The molecule has 1 aromatic heterocycles. The number of nitrogens with two attached hydrogens (primary N) is 1. The Bertz CT molecular complexity index is 484. The first kappa shape index (κ1) is 12.6. The van der Waals surface area contributed by atoms with Gasteiger partial charge in [-0.2, -0.15) is 0 Å². The van der Waals surface area contributed by atoms with Crippen molar-refractivity contribution in [3.8, 4) is 5.75 Å². The Kier molecular flexibility index (Phi) is 4.59. The maximum absolute atomic E-state index is 5.82. The van der Waals surface area contributed by atoms with E-state index in [1.165, 1.54) is 10.4 Å². The van der Waals surface area contributed by atoms with Gasteiger partial charge in [0.25, 0.3) is 0 Å². The van der Waals surface area contributed by atoms with Gasteiger partial charge in [0, 0.05) is 14.7 Å². The van der Waals surface area contributed by atoms with Gasteiger partial charge in [0.1, 0.15) is 12.4 Å². The van der Waals surface area contributed by atoms with Crippen molar-refractivity contribution in [2.45, 2.75) is 13.0 Å². The molecule has 4 heteroatoms.